The molecule has 2 aromatic rings. The van der Waals surface area contributed by atoms with E-state index in [1.165, 1.54) is 19.2 Å². The molecule has 8 heteroatoms. The molecule has 0 bridgehead atoms. The predicted octanol–water partition coefficient (Wildman–Crippen LogP) is 4.45. The van der Waals surface area contributed by atoms with Crippen molar-refractivity contribution in [3.63, 3.8) is 0 Å². The molecular weight excluding hydrogens is 370 g/mol. The molecule has 0 saturated heterocycles. The van der Waals surface area contributed by atoms with Crippen molar-refractivity contribution in [2.75, 3.05) is 14.2 Å². The van der Waals surface area contributed by atoms with Crippen molar-refractivity contribution in [3.8, 4) is 11.5 Å². The van der Waals surface area contributed by atoms with Crippen LogP contribution in [-0.2, 0) is 22.7 Å². The molecule has 0 aromatic heterocycles. The summed E-state index contributed by atoms with van der Waals surface area (Å²) in [6, 6.07) is 9.62. The third-order valence-corrected chi connectivity index (χ3v) is 3.62. The first-order chi connectivity index (χ1) is 12.4. The molecule has 0 fully saturated rings. The first-order valence-corrected chi connectivity index (χ1v) is 7.88. The maximum atomic E-state index is 12.4. The number of halogens is 3. The van der Waals surface area contributed by atoms with Gasteiger partial charge < -0.3 is 18.9 Å². The summed E-state index contributed by atoms with van der Waals surface area (Å²) in [4.78, 5) is 12.2. The highest BCUT2D eigenvalue weighted by molar-refractivity contribution is 6.32. The number of hydrogen-bond acceptors (Lipinski definition) is 5. The Morgan fingerprint density at radius 3 is 2.54 bits per heavy atom. The average molecular weight is 387 g/mol. The average Bonchev–Trinajstić information content (AvgIpc) is 2.61. The third-order valence-electron chi connectivity index (χ3n) is 3.34. The van der Waals surface area contributed by atoms with Crippen LogP contribution < -0.4 is 9.47 Å². The van der Waals surface area contributed by atoms with Gasteiger partial charge in [0.15, 0.2) is 11.5 Å². The summed E-state index contributed by atoms with van der Waals surface area (Å²) in [5.74, 6) is -0.789. The largest absolute Gasteiger partial charge is 0.493 e. The van der Waals surface area contributed by atoms with Gasteiger partial charge in [-0.05, 0) is 35.4 Å². The highest BCUT2D eigenvalue weighted by Crippen LogP contribution is 2.37. The van der Waals surface area contributed by atoms with Gasteiger partial charge in [-0.2, -0.15) is 8.78 Å². The van der Waals surface area contributed by atoms with E-state index in [1.807, 2.05) is 6.07 Å². The molecular formula is C18H17ClF2O5. The second kappa shape index (κ2) is 9.35. The van der Waals surface area contributed by atoms with Gasteiger partial charge in [0.05, 0.1) is 24.3 Å². The van der Waals surface area contributed by atoms with Gasteiger partial charge in [-0.1, -0.05) is 23.7 Å². The maximum Gasteiger partial charge on any atom is 0.387 e. The van der Waals surface area contributed by atoms with Crippen LogP contribution in [0.3, 0.4) is 0 Å². The Morgan fingerprint density at radius 2 is 1.88 bits per heavy atom. The summed E-state index contributed by atoms with van der Waals surface area (Å²) >= 11 is 5.95. The zero-order valence-corrected chi connectivity index (χ0v) is 14.9. The number of rotatable bonds is 8. The van der Waals surface area contributed by atoms with Crippen molar-refractivity contribution in [2.45, 2.75) is 19.8 Å². The minimum Gasteiger partial charge on any atom is -0.493 e. The molecule has 0 aliphatic carbocycles. The smallest absolute Gasteiger partial charge is 0.387 e. The first-order valence-electron chi connectivity index (χ1n) is 7.50. The number of hydrogen-bond donors (Lipinski definition) is 0. The van der Waals surface area contributed by atoms with E-state index in [0.29, 0.717) is 17.7 Å². The van der Waals surface area contributed by atoms with E-state index in [9.17, 15) is 13.6 Å². The van der Waals surface area contributed by atoms with Gasteiger partial charge >= 0.3 is 12.6 Å². The second-order valence-electron chi connectivity index (χ2n) is 5.20. The van der Waals surface area contributed by atoms with Crippen LogP contribution in [0, 0.1) is 0 Å². The number of carbonyl (C=O) groups excluding carboxylic acids is 1. The molecule has 0 aliphatic heterocycles. The normalized spacial score (nSPS) is 10.7. The molecule has 0 spiro atoms. The predicted molar refractivity (Wildman–Crippen MR) is 90.9 cm³/mol. The van der Waals surface area contributed by atoms with E-state index < -0.39 is 12.6 Å². The highest BCUT2D eigenvalue weighted by Gasteiger charge is 2.17. The molecule has 2 rings (SSSR count). The van der Waals surface area contributed by atoms with Gasteiger partial charge in [0.1, 0.15) is 6.61 Å². The Morgan fingerprint density at radius 1 is 1.12 bits per heavy atom. The van der Waals surface area contributed by atoms with Crippen LogP contribution in [0.2, 0.25) is 5.02 Å². The van der Waals surface area contributed by atoms with Crippen molar-refractivity contribution < 1.29 is 32.5 Å². The molecule has 5 nitrogen and oxygen atoms in total. The molecule has 140 valence electrons. The van der Waals surface area contributed by atoms with Gasteiger partial charge in [-0.25, -0.2) is 4.79 Å². The van der Waals surface area contributed by atoms with E-state index in [0.717, 1.165) is 5.56 Å². The molecule has 2 aromatic carbocycles. The van der Waals surface area contributed by atoms with Crippen LogP contribution in [0.4, 0.5) is 8.78 Å². The molecule has 0 saturated carbocycles. The molecule has 0 atom stereocenters. The van der Waals surface area contributed by atoms with Gasteiger partial charge in [0.25, 0.3) is 0 Å². The molecule has 0 N–H and O–H groups in total. The summed E-state index contributed by atoms with van der Waals surface area (Å²) < 4.78 is 44.5. The van der Waals surface area contributed by atoms with E-state index in [4.69, 9.17) is 25.8 Å². The third kappa shape index (κ3) is 5.31. The number of ether oxygens (including phenoxy) is 4. The lowest BCUT2D eigenvalue weighted by molar-refractivity contribution is -0.0511. The van der Waals surface area contributed by atoms with Crippen molar-refractivity contribution >= 4 is 17.6 Å². The fourth-order valence-electron chi connectivity index (χ4n) is 2.25. The van der Waals surface area contributed by atoms with Crippen LogP contribution in [0.5, 0.6) is 11.5 Å². The van der Waals surface area contributed by atoms with Crippen LogP contribution in [0.1, 0.15) is 21.5 Å². The Kier molecular flexibility index (Phi) is 7.17. The van der Waals surface area contributed by atoms with Gasteiger partial charge in [0.2, 0.25) is 0 Å². The number of methoxy groups -OCH3 is 2. The summed E-state index contributed by atoms with van der Waals surface area (Å²) in [7, 11) is 2.85. The minimum atomic E-state index is -3.04. The molecule has 0 unspecified atom stereocenters. The monoisotopic (exact) mass is 386 g/mol. The summed E-state index contributed by atoms with van der Waals surface area (Å²) in [5.41, 5.74) is 1.67. The zero-order chi connectivity index (χ0) is 19.1. The van der Waals surface area contributed by atoms with Gasteiger partial charge in [0, 0.05) is 7.11 Å². The van der Waals surface area contributed by atoms with Crippen molar-refractivity contribution in [3.05, 3.63) is 58.1 Å². The maximum absolute atomic E-state index is 12.4. The molecule has 0 amide bonds. The van der Waals surface area contributed by atoms with Crippen LogP contribution >= 0.6 is 11.6 Å². The van der Waals surface area contributed by atoms with E-state index in [2.05, 4.69) is 4.74 Å². The van der Waals surface area contributed by atoms with E-state index in [1.54, 1.807) is 25.3 Å². The molecule has 0 radical (unpaired) electrons. The molecule has 0 heterocycles. The molecule has 26 heavy (non-hydrogen) atoms. The summed E-state index contributed by atoms with van der Waals surface area (Å²) in [6.07, 6.45) is 0. The van der Waals surface area contributed by atoms with Crippen LogP contribution in [-0.4, -0.2) is 26.8 Å². The standard InChI is InChI=1S/C18H17ClF2O5/c1-23-9-11-4-3-5-13(6-11)17(22)25-10-12-7-14(19)16(26-18(20)21)15(8-12)24-2/h3-8,18H,9-10H2,1-2H3. The Balaban J connectivity index is 2.10. The van der Waals surface area contributed by atoms with Crippen molar-refractivity contribution in [1.29, 1.82) is 0 Å². The Bertz CT molecular complexity index is 767. The first kappa shape index (κ1) is 19.9. The topological polar surface area (TPSA) is 54.0 Å². The zero-order valence-electron chi connectivity index (χ0n) is 14.1. The lowest BCUT2D eigenvalue weighted by Gasteiger charge is -2.13. The highest BCUT2D eigenvalue weighted by atomic mass is 35.5. The molecule has 0 aliphatic rings. The van der Waals surface area contributed by atoms with E-state index >= 15 is 0 Å². The summed E-state index contributed by atoms with van der Waals surface area (Å²) in [5, 5.41) is -0.0715. The number of esters is 1. The SMILES string of the molecule is COCc1cccc(C(=O)OCc2cc(Cl)c(OC(F)F)c(OC)c2)c1. The number of alkyl halides is 2. The Hall–Kier alpha value is -2.38. The Labute approximate surface area is 154 Å². The van der Waals surface area contributed by atoms with Crippen molar-refractivity contribution in [1.82, 2.24) is 0 Å². The fraction of sp³-hybridized carbons (Fsp3) is 0.278. The number of carbonyl (C=O) groups is 1. The second-order valence-corrected chi connectivity index (χ2v) is 5.60. The van der Waals surface area contributed by atoms with Crippen molar-refractivity contribution in [2.24, 2.45) is 0 Å². The number of benzene rings is 2. The fourth-order valence-corrected chi connectivity index (χ4v) is 2.52. The lowest BCUT2D eigenvalue weighted by Crippen LogP contribution is -2.07. The summed E-state index contributed by atoms with van der Waals surface area (Å²) in [6.45, 7) is -2.78. The van der Waals surface area contributed by atoms with Crippen LogP contribution in [0.15, 0.2) is 36.4 Å². The minimum absolute atomic E-state index is 0.0194. The van der Waals surface area contributed by atoms with Crippen LogP contribution in [0.25, 0.3) is 0 Å². The van der Waals surface area contributed by atoms with Gasteiger partial charge in [-0.3, -0.25) is 0 Å². The van der Waals surface area contributed by atoms with E-state index in [-0.39, 0.29) is 23.1 Å². The van der Waals surface area contributed by atoms with Gasteiger partial charge in [-0.15, -0.1) is 0 Å². The lowest BCUT2D eigenvalue weighted by atomic mass is 10.1. The quantitative estimate of drug-likeness (QED) is 0.627.